The van der Waals surface area contributed by atoms with Gasteiger partial charge in [-0.3, -0.25) is 9.78 Å². The Morgan fingerprint density at radius 3 is 2.62 bits per heavy atom. The van der Waals surface area contributed by atoms with Crippen molar-refractivity contribution in [3.05, 3.63) is 47.4 Å². The lowest BCUT2D eigenvalue weighted by Crippen LogP contribution is -2.30. The molecule has 3 heterocycles. The summed E-state index contributed by atoms with van der Waals surface area (Å²) in [6.07, 6.45) is 9.33. The first-order valence-corrected chi connectivity index (χ1v) is 13.8. The molecule has 3 aromatic heterocycles. The van der Waals surface area contributed by atoms with Gasteiger partial charge in [0, 0.05) is 30.1 Å². The molecule has 0 bridgehead atoms. The molecule has 9 nitrogen and oxygen atoms in total. The molecular weight excluding hydrogens is 484 g/mol. The van der Waals surface area contributed by atoms with Crippen LogP contribution in [0.5, 0.6) is 0 Å². The van der Waals surface area contributed by atoms with Gasteiger partial charge in [0.1, 0.15) is 12.0 Å². The summed E-state index contributed by atoms with van der Waals surface area (Å²) in [5, 5.41) is 3.11. The van der Waals surface area contributed by atoms with Crippen molar-refractivity contribution in [2.75, 3.05) is 18.2 Å². The number of anilines is 1. The van der Waals surface area contributed by atoms with Gasteiger partial charge in [-0.15, -0.1) is 11.8 Å². The van der Waals surface area contributed by atoms with Crippen LogP contribution in [0.2, 0.25) is 0 Å². The molecule has 3 aromatic rings. The summed E-state index contributed by atoms with van der Waals surface area (Å²) in [7, 11) is 2.00. The molecule has 0 unspecified atom stereocenters. The van der Waals surface area contributed by atoms with Gasteiger partial charge in [-0.25, -0.2) is 24.9 Å². The molecule has 0 spiro atoms. The van der Waals surface area contributed by atoms with Gasteiger partial charge in [0.15, 0.2) is 23.8 Å². The van der Waals surface area contributed by atoms with Gasteiger partial charge in [-0.1, -0.05) is 6.92 Å². The number of nitrogens with one attached hydrogen (secondary N) is 1. The van der Waals surface area contributed by atoms with Crippen molar-refractivity contribution in [1.29, 1.82) is 0 Å². The number of pyridine rings is 1. The number of hydrogen-bond acceptors (Lipinski definition) is 9. The molecule has 1 aliphatic carbocycles. The number of aliphatic imine (C=N–C) groups is 1. The minimum atomic E-state index is 0.201. The minimum Gasteiger partial charge on any atom is -0.362 e. The average Bonchev–Trinajstić information content (AvgIpc) is 3.76. The summed E-state index contributed by atoms with van der Waals surface area (Å²) in [4.78, 5) is 43.2. The van der Waals surface area contributed by atoms with E-state index in [1.165, 1.54) is 0 Å². The van der Waals surface area contributed by atoms with Crippen LogP contribution < -0.4 is 10.2 Å². The normalized spacial score (nSPS) is 14.4. The average molecular weight is 519 g/mol. The summed E-state index contributed by atoms with van der Waals surface area (Å²) >= 11 is 1.63. The lowest BCUT2D eigenvalue weighted by atomic mass is 10.1. The number of aldehydes is 1. The quantitative estimate of drug-likeness (QED) is 0.175. The second-order valence-electron chi connectivity index (χ2n) is 9.32. The number of nitrogens with zero attached hydrogens (tertiary/aromatic N) is 7. The molecule has 10 heteroatoms. The number of thioether (sulfide) groups is 1. The van der Waals surface area contributed by atoms with E-state index >= 15 is 0 Å². The number of hydrogen-bond donors (Lipinski definition) is 1. The van der Waals surface area contributed by atoms with Crippen molar-refractivity contribution < 1.29 is 4.79 Å². The first kappa shape index (κ1) is 26.7. The first-order chi connectivity index (χ1) is 17.9. The van der Waals surface area contributed by atoms with E-state index in [1.54, 1.807) is 18.1 Å². The molecule has 0 amide bonds. The molecule has 1 aliphatic rings. The zero-order chi connectivity index (χ0) is 26.5. The SMILES string of the molecule is CC[C@@H](C)N(C)c1nc(-c2c(C)ncnc2C2CC2)nc(C)c1/N=C(\C=O)NCc1ccc(SC)cn1. The van der Waals surface area contributed by atoms with Crippen molar-refractivity contribution >= 4 is 35.4 Å². The summed E-state index contributed by atoms with van der Waals surface area (Å²) in [6, 6.07) is 4.15. The van der Waals surface area contributed by atoms with E-state index in [-0.39, 0.29) is 11.9 Å². The second kappa shape index (κ2) is 11.8. The molecular formula is C27H34N8OS. The van der Waals surface area contributed by atoms with E-state index in [4.69, 9.17) is 15.0 Å². The summed E-state index contributed by atoms with van der Waals surface area (Å²) in [5.41, 5.74) is 4.84. The molecule has 1 N–H and O–H groups in total. The fourth-order valence-corrected chi connectivity index (χ4v) is 4.37. The minimum absolute atomic E-state index is 0.201. The summed E-state index contributed by atoms with van der Waals surface area (Å²) < 4.78 is 0. The van der Waals surface area contributed by atoms with Crippen LogP contribution in [0.1, 0.15) is 61.8 Å². The van der Waals surface area contributed by atoms with Crippen LogP contribution in [0.3, 0.4) is 0 Å². The third-order valence-electron chi connectivity index (χ3n) is 6.71. The largest absolute Gasteiger partial charge is 0.362 e. The monoisotopic (exact) mass is 518 g/mol. The highest BCUT2D eigenvalue weighted by Gasteiger charge is 2.31. The Labute approximate surface area is 222 Å². The van der Waals surface area contributed by atoms with Gasteiger partial charge < -0.3 is 10.2 Å². The molecule has 37 heavy (non-hydrogen) atoms. The van der Waals surface area contributed by atoms with Crippen molar-refractivity contribution in [2.45, 2.75) is 70.4 Å². The topological polar surface area (TPSA) is 109 Å². The molecule has 0 aromatic carbocycles. The zero-order valence-electron chi connectivity index (χ0n) is 22.3. The van der Waals surface area contributed by atoms with Crippen molar-refractivity contribution in [3.8, 4) is 11.4 Å². The lowest BCUT2D eigenvalue weighted by molar-refractivity contribution is -0.102. The Kier molecular flexibility index (Phi) is 8.48. The number of aromatic nitrogens is 5. The molecule has 0 aliphatic heterocycles. The second-order valence-corrected chi connectivity index (χ2v) is 10.2. The zero-order valence-corrected chi connectivity index (χ0v) is 23.1. The summed E-state index contributed by atoms with van der Waals surface area (Å²) in [5.74, 6) is 1.90. The highest BCUT2D eigenvalue weighted by atomic mass is 32.2. The van der Waals surface area contributed by atoms with Crippen molar-refractivity contribution in [2.24, 2.45) is 4.99 Å². The number of carbonyl (C=O) groups is 1. The van der Waals surface area contributed by atoms with Gasteiger partial charge >= 0.3 is 0 Å². The van der Waals surface area contributed by atoms with Crippen LogP contribution in [0.4, 0.5) is 11.5 Å². The molecule has 0 saturated heterocycles. The van der Waals surface area contributed by atoms with Crippen LogP contribution in [-0.2, 0) is 11.3 Å². The molecule has 1 saturated carbocycles. The maximum atomic E-state index is 12.0. The lowest BCUT2D eigenvalue weighted by Gasteiger charge is -2.27. The maximum absolute atomic E-state index is 12.0. The molecule has 1 atom stereocenters. The maximum Gasteiger partial charge on any atom is 0.185 e. The van der Waals surface area contributed by atoms with E-state index in [0.29, 0.717) is 35.5 Å². The van der Waals surface area contributed by atoms with Crippen LogP contribution in [-0.4, -0.2) is 56.4 Å². The van der Waals surface area contributed by atoms with Crippen LogP contribution in [0.15, 0.2) is 34.5 Å². The van der Waals surface area contributed by atoms with Gasteiger partial charge in [-0.2, -0.15) is 0 Å². The molecule has 0 radical (unpaired) electrons. The van der Waals surface area contributed by atoms with E-state index in [2.05, 4.69) is 39.0 Å². The molecule has 194 valence electrons. The Morgan fingerprint density at radius 1 is 1.22 bits per heavy atom. The number of amidine groups is 1. The Morgan fingerprint density at radius 2 is 2.00 bits per heavy atom. The fraction of sp³-hybridized carbons (Fsp3) is 0.444. The Balaban J connectivity index is 1.74. The predicted octanol–water partition coefficient (Wildman–Crippen LogP) is 4.80. The number of aryl methyl sites for hydroxylation is 2. The number of rotatable bonds is 10. The fourth-order valence-electron chi connectivity index (χ4n) is 4.00. The van der Waals surface area contributed by atoms with E-state index < -0.39 is 0 Å². The van der Waals surface area contributed by atoms with Gasteiger partial charge in [0.05, 0.1) is 34.9 Å². The Bertz CT molecular complexity index is 1290. The number of carbonyl (C=O) groups excluding carboxylic acids is 1. The van der Waals surface area contributed by atoms with E-state index in [9.17, 15) is 4.79 Å². The molecule has 4 rings (SSSR count). The predicted molar refractivity (Wildman–Crippen MR) is 149 cm³/mol. The summed E-state index contributed by atoms with van der Waals surface area (Å²) in [6.45, 7) is 8.53. The van der Waals surface area contributed by atoms with E-state index in [1.807, 2.05) is 45.5 Å². The third-order valence-corrected chi connectivity index (χ3v) is 7.42. The highest BCUT2D eigenvalue weighted by Crippen LogP contribution is 2.44. The van der Waals surface area contributed by atoms with Crippen LogP contribution >= 0.6 is 11.8 Å². The van der Waals surface area contributed by atoms with Crippen LogP contribution in [0.25, 0.3) is 11.4 Å². The molecule has 1 fully saturated rings. The first-order valence-electron chi connectivity index (χ1n) is 12.6. The Hall–Kier alpha value is -3.40. The van der Waals surface area contributed by atoms with Gasteiger partial charge in [-0.05, 0) is 58.4 Å². The van der Waals surface area contributed by atoms with Crippen molar-refractivity contribution in [1.82, 2.24) is 30.2 Å². The van der Waals surface area contributed by atoms with Crippen molar-refractivity contribution in [3.63, 3.8) is 0 Å². The smallest absolute Gasteiger partial charge is 0.185 e. The van der Waals surface area contributed by atoms with Gasteiger partial charge in [0.2, 0.25) is 0 Å². The van der Waals surface area contributed by atoms with Gasteiger partial charge in [0.25, 0.3) is 0 Å². The standard InChI is InChI=1S/C27H34N8OS/c1-7-16(2)35(5)27-24(33-22(14-36)29-12-20-10-11-21(37-6)13-28-20)18(4)32-26(34-27)23-17(3)30-15-31-25(23)19-8-9-19/h10-11,13-16,19H,7-9,12H2,1-6H3,(H,29,33)/t16-/m1/s1. The highest BCUT2D eigenvalue weighted by molar-refractivity contribution is 7.98. The van der Waals surface area contributed by atoms with E-state index in [0.717, 1.165) is 53.1 Å². The third kappa shape index (κ3) is 6.12. The van der Waals surface area contributed by atoms with Crippen LogP contribution in [0, 0.1) is 13.8 Å².